The van der Waals surface area contributed by atoms with Crippen LogP contribution in [0.3, 0.4) is 0 Å². The SMILES string of the molecule is CCCOCCC(=O)Cc1ccc(F)cc1. The number of hydrogen-bond donors (Lipinski definition) is 0. The molecule has 2 nitrogen and oxygen atoms in total. The Morgan fingerprint density at radius 2 is 1.94 bits per heavy atom. The van der Waals surface area contributed by atoms with Crippen LogP contribution in [-0.4, -0.2) is 19.0 Å². The van der Waals surface area contributed by atoms with Crippen molar-refractivity contribution in [1.82, 2.24) is 0 Å². The molecule has 1 aromatic rings. The predicted molar refractivity (Wildman–Crippen MR) is 60.8 cm³/mol. The van der Waals surface area contributed by atoms with E-state index < -0.39 is 0 Å². The maximum atomic E-state index is 12.6. The van der Waals surface area contributed by atoms with Crippen molar-refractivity contribution in [2.45, 2.75) is 26.2 Å². The number of ketones is 1. The van der Waals surface area contributed by atoms with E-state index in [0.29, 0.717) is 26.1 Å². The quantitative estimate of drug-likeness (QED) is 0.666. The van der Waals surface area contributed by atoms with Gasteiger partial charge in [0.05, 0.1) is 6.61 Å². The second-order valence-corrected chi connectivity index (χ2v) is 3.70. The second kappa shape index (κ2) is 7.12. The van der Waals surface area contributed by atoms with Crippen LogP contribution in [0.5, 0.6) is 0 Å². The lowest BCUT2D eigenvalue weighted by atomic mass is 10.1. The molecule has 0 fully saturated rings. The van der Waals surface area contributed by atoms with Gasteiger partial charge in [0, 0.05) is 19.4 Å². The minimum absolute atomic E-state index is 0.128. The van der Waals surface area contributed by atoms with Crippen LogP contribution in [0.2, 0.25) is 0 Å². The van der Waals surface area contributed by atoms with Crippen molar-refractivity contribution in [1.29, 1.82) is 0 Å². The zero-order chi connectivity index (χ0) is 11.8. The van der Waals surface area contributed by atoms with E-state index >= 15 is 0 Å². The van der Waals surface area contributed by atoms with Crippen LogP contribution in [0.25, 0.3) is 0 Å². The van der Waals surface area contributed by atoms with Crippen molar-refractivity contribution < 1.29 is 13.9 Å². The van der Waals surface area contributed by atoms with Crippen molar-refractivity contribution in [3.05, 3.63) is 35.6 Å². The van der Waals surface area contributed by atoms with Crippen LogP contribution < -0.4 is 0 Å². The molecule has 0 aliphatic heterocycles. The zero-order valence-corrected chi connectivity index (χ0v) is 9.54. The molecule has 0 heterocycles. The molecule has 1 aromatic carbocycles. The Labute approximate surface area is 95.4 Å². The van der Waals surface area contributed by atoms with Gasteiger partial charge in [-0.05, 0) is 24.1 Å². The lowest BCUT2D eigenvalue weighted by Gasteiger charge is -2.02. The summed E-state index contributed by atoms with van der Waals surface area (Å²) < 4.78 is 17.8. The molecule has 1 rings (SSSR count). The molecule has 0 unspecified atom stereocenters. The Balaban J connectivity index is 2.26. The van der Waals surface area contributed by atoms with Gasteiger partial charge in [-0.25, -0.2) is 4.39 Å². The zero-order valence-electron chi connectivity index (χ0n) is 9.54. The molecule has 0 aliphatic rings. The van der Waals surface area contributed by atoms with Gasteiger partial charge in [0.2, 0.25) is 0 Å². The van der Waals surface area contributed by atoms with Gasteiger partial charge in [-0.2, -0.15) is 0 Å². The van der Waals surface area contributed by atoms with E-state index in [4.69, 9.17) is 4.74 Å². The first-order valence-corrected chi connectivity index (χ1v) is 5.56. The van der Waals surface area contributed by atoms with Crippen LogP contribution in [0.4, 0.5) is 4.39 Å². The predicted octanol–water partition coefficient (Wildman–Crippen LogP) is 2.75. The van der Waals surface area contributed by atoms with E-state index in [1.807, 2.05) is 6.92 Å². The highest BCUT2D eigenvalue weighted by Gasteiger charge is 2.03. The molecule has 0 bridgehead atoms. The van der Waals surface area contributed by atoms with Crippen LogP contribution >= 0.6 is 0 Å². The Morgan fingerprint density at radius 1 is 1.25 bits per heavy atom. The van der Waals surface area contributed by atoms with Gasteiger partial charge in [0.25, 0.3) is 0 Å². The summed E-state index contributed by atoms with van der Waals surface area (Å²) in [6, 6.07) is 6.02. The number of Topliss-reactive ketones (excluding diaryl/α,β-unsaturated/α-hetero) is 1. The molecule has 3 heteroatoms. The number of rotatable bonds is 7. The first-order chi connectivity index (χ1) is 7.72. The van der Waals surface area contributed by atoms with Crippen LogP contribution in [0.15, 0.2) is 24.3 Å². The Morgan fingerprint density at radius 3 is 2.56 bits per heavy atom. The molecule has 0 amide bonds. The van der Waals surface area contributed by atoms with E-state index in [2.05, 4.69) is 0 Å². The fourth-order valence-electron chi connectivity index (χ4n) is 1.35. The summed E-state index contributed by atoms with van der Waals surface area (Å²) in [7, 11) is 0. The molecular formula is C13H17FO2. The third kappa shape index (κ3) is 5.03. The largest absolute Gasteiger partial charge is 0.381 e. The summed E-state index contributed by atoms with van der Waals surface area (Å²) in [6.45, 7) is 3.21. The minimum Gasteiger partial charge on any atom is -0.381 e. The third-order valence-electron chi connectivity index (χ3n) is 2.19. The van der Waals surface area contributed by atoms with Crippen molar-refractivity contribution >= 4 is 5.78 Å². The number of carbonyl (C=O) groups is 1. The summed E-state index contributed by atoms with van der Waals surface area (Å²) in [5.41, 5.74) is 0.849. The third-order valence-corrected chi connectivity index (χ3v) is 2.19. The number of hydrogen-bond acceptors (Lipinski definition) is 2. The maximum Gasteiger partial charge on any atom is 0.139 e. The fraction of sp³-hybridized carbons (Fsp3) is 0.462. The van der Waals surface area contributed by atoms with E-state index in [1.54, 1.807) is 12.1 Å². The summed E-state index contributed by atoms with van der Waals surface area (Å²) in [5, 5.41) is 0. The van der Waals surface area contributed by atoms with Gasteiger partial charge in [0.15, 0.2) is 0 Å². The van der Waals surface area contributed by atoms with Gasteiger partial charge < -0.3 is 4.74 Å². The fourth-order valence-corrected chi connectivity index (χ4v) is 1.35. The van der Waals surface area contributed by atoms with Gasteiger partial charge in [0.1, 0.15) is 11.6 Å². The molecule has 0 radical (unpaired) electrons. The number of ether oxygens (including phenoxy) is 1. The molecule has 0 atom stereocenters. The van der Waals surface area contributed by atoms with E-state index in [-0.39, 0.29) is 11.6 Å². The molecule has 0 aliphatic carbocycles. The maximum absolute atomic E-state index is 12.6. The van der Waals surface area contributed by atoms with Crippen LogP contribution in [0, 0.1) is 5.82 Å². The van der Waals surface area contributed by atoms with E-state index in [9.17, 15) is 9.18 Å². The monoisotopic (exact) mass is 224 g/mol. The topological polar surface area (TPSA) is 26.3 Å². The lowest BCUT2D eigenvalue weighted by Crippen LogP contribution is -2.07. The standard InChI is InChI=1S/C13H17FO2/c1-2-8-16-9-7-13(15)10-11-3-5-12(14)6-4-11/h3-6H,2,7-10H2,1H3. The van der Waals surface area contributed by atoms with Crippen LogP contribution in [-0.2, 0) is 16.0 Å². The number of carbonyl (C=O) groups excluding carboxylic acids is 1. The van der Waals surface area contributed by atoms with Crippen molar-refractivity contribution in [3.8, 4) is 0 Å². The number of benzene rings is 1. The molecule has 0 spiro atoms. The first kappa shape index (κ1) is 12.8. The van der Waals surface area contributed by atoms with Crippen molar-refractivity contribution in [3.63, 3.8) is 0 Å². The molecule has 0 N–H and O–H groups in total. The summed E-state index contributed by atoms with van der Waals surface area (Å²) >= 11 is 0. The Hall–Kier alpha value is -1.22. The first-order valence-electron chi connectivity index (χ1n) is 5.56. The minimum atomic E-state index is -0.275. The Bertz CT molecular complexity index is 319. The summed E-state index contributed by atoms with van der Waals surface area (Å²) in [5.74, 6) is -0.148. The molecular weight excluding hydrogens is 207 g/mol. The summed E-state index contributed by atoms with van der Waals surface area (Å²) in [6.07, 6.45) is 1.75. The molecule has 0 aromatic heterocycles. The molecule has 0 saturated carbocycles. The Kier molecular flexibility index (Phi) is 5.72. The average Bonchev–Trinajstić information content (AvgIpc) is 2.28. The molecule has 16 heavy (non-hydrogen) atoms. The average molecular weight is 224 g/mol. The smallest absolute Gasteiger partial charge is 0.139 e. The second-order valence-electron chi connectivity index (χ2n) is 3.70. The van der Waals surface area contributed by atoms with Crippen molar-refractivity contribution in [2.24, 2.45) is 0 Å². The van der Waals surface area contributed by atoms with E-state index in [0.717, 1.165) is 12.0 Å². The van der Waals surface area contributed by atoms with Crippen molar-refractivity contribution in [2.75, 3.05) is 13.2 Å². The summed E-state index contributed by atoms with van der Waals surface area (Å²) in [4.78, 5) is 11.5. The lowest BCUT2D eigenvalue weighted by molar-refractivity contribution is -0.119. The highest BCUT2D eigenvalue weighted by Crippen LogP contribution is 2.05. The highest BCUT2D eigenvalue weighted by molar-refractivity contribution is 5.80. The highest BCUT2D eigenvalue weighted by atomic mass is 19.1. The van der Waals surface area contributed by atoms with Gasteiger partial charge in [-0.1, -0.05) is 19.1 Å². The van der Waals surface area contributed by atoms with Gasteiger partial charge in [-0.15, -0.1) is 0 Å². The molecule has 0 saturated heterocycles. The van der Waals surface area contributed by atoms with Crippen LogP contribution in [0.1, 0.15) is 25.3 Å². The number of halogens is 1. The molecule has 88 valence electrons. The van der Waals surface area contributed by atoms with E-state index in [1.165, 1.54) is 12.1 Å². The normalized spacial score (nSPS) is 10.4. The van der Waals surface area contributed by atoms with Gasteiger partial charge >= 0.3 is 0 Å². The van der Waals surface area contributed by atoms with Gasteiger partial charge in [-0.3, -0.25) is 4.79 Å².